The Bertz CT molecular complexity index is 1220. The molecule has 0 radical (unpaired) electrons. The van der Waals surface area contributed by atoms with Crippen molar-refractivity contribution in [3.05, 3.63) is 76.9 Å². The average Bonchev–Trinajstić information content (AvgIpc) is 3.35. The normalized spacial score (nSPS) is 16.6. The van der Waals surface area contributed by atoms with E-state index in [4.69, 9.17) is 4.52 Å². The first-order valence-corrected chi connectivity index (χ1v) is 10.4. The van der Waals surface area contributed by atoms with Gasteiger partial charge in [-0.3, -0.25) is 19.3 Å². The monoisotopic (exact) mass is 431 g/mol. The molecule has 2 aliphatic rings. The first-order chi connectivity index (χ1) is 15.5. The molecule has 1 N–H and O–H groups in total. The highest BCUT2D eigenvalue weighted by molar-refractivity contribution is 6.16. The predicted octanol–water partition coefficient (Wildman–Crippen LogP) is 2.24. The molecule has 0 saturated heterocycles. The Kier molecular flexibility index (Phi) is 4.93. The summed E-state index contributed by atoms with van der Waals surface area (Å²) >= 11 is 0. The Morgan fingerprint density at radius 3 is 2.59 bits per heavy atom. The van der Waals surface area contributed by atoms with Crippen molar-refractivity contribution in [1.29, 1.82) is 0 Å². The number of benzene rings is 2. The third-order valence-electron chi connectivity index (χ3n) is 5.69. The number of hydrogen-bond donors (Lipinski definition) is 1. The first kappa shape index (κ1) is 19.9. The molecular formula is C23H21N5O4. The van der Waals surface area contributed by atoms with E-state index in [0.29, 0.717) is 41.5 Å². The van der Waals surface area contributed by atoms with Crippen LogP contribution in [0.4, 0.5) is 5.69 Å². The van der Waals surface area contributed by atoms with Crippen LogP contribution in [0.2, 0.25) is 0 Å². The maximum atomic E-state index is 13.3. The molecule has 9 nitrogen and oxygen atoms in total. The van der Waals surface area contributed by atoms with Crippen molar-refractivity contribution in [2.45, 2.75) is 25.9 Å². The number of amides is 3. The minimum Gasteiger partial charge on any atom is -0.356 e. The lowest BCUT2D eigenvalue weighted by atomic mass is 10.0. The summed E-state index contributed by atoms with van der Waals surface area (Å²) in [5.74, 6) is 0.473. The van der Waals surface area contributed by atoms with Crippen LogP contribution in [-0.2, 0) is 11.2 Å². The number of anilines is 1. The molecule has 3 amide bonds. The summed E-state index contributed by atoms with van der Waals surface area (Å²) < 4.78 is 5.04. The number of aromatic nitrogens is 2. The molecule has 2 aromatic carbocycles. The molecule has 162 valence electrons. The molecule has 0 unspecified atom stereocenters. The lowest BCUT2D eigenvalue weighted by Crippen LogP contribution is -2.49. The molecular weight excluding hydrogens is 410 g/mol. The van der Waals surface area contributed by atoms with Crippen molar-refractivity contribution in [3.8, 4) is 0 Å². The summed E-state index contributed by atoms with van der Waals surface area (Å²) in [5.41, 5.74) is 2.40. The highest BCUT2D eigenvalue weighted by Crippen LogP contribution is 2.45. The van der Waals surface area contributed by atoms with Gasteiger partial charge in [-0.25, -0.2) is 0 Å². The summed E-state index contributed by atoms with van der Waals surface area (Å²) in [6.07, 6.45) is -0.0199. The molecule has 2 aliphatic heterocycles. The third kappa shape index (κ3) is 3.31. The lowest BCUT2D eigenvalue weighted by molar-refractivity contribution is -0.121. The van der Waals surface area contributed by atoms with Crippen LogP contribution < -0.4 is 10.2 Å². The van der Waals surface area contributed by atoms with Crippen LogP contribution >= 0.6 is 0 Å². The van der Waals surface area contributed by atoms with Gasteiger partial charge in [0.15, 0.2) is 5.82 Å². The number of rotatable bonds is 6. The summed E-state index contributed by atoms with van der Waals surface area (Å²) in [6, 6.07) is 14.4. The Hall–Kier alpha value is -4.01. The average molecular weight is 431 g/mol. The van der Waals surface area contributed by atoms with Gasteiger partial charge in [-0.15, -0.1) is 0 Å². The first-order valence-electron chi connectivity index (χ1n) is 10.4. The van der Waals surface area contributed by atoms with Gasteiger partial charge in [-0.2, -0.15) is 4.98 Å². The topological polar surface area (TPSA) is 109 Å². The van der Waals surface area contributed by atoms with Crippen LogP contribution in [0.5, 0.6) is 0 Å². The molecule has 5 rings (SSSR count). The van der Waals surface area contributed by atoms with Gasteiger partial charge in [-0.05, 0) is 25.1 Å². The van der Waals surface area contributed by atoms with Crippen LogP contribution in [0.15, 0.2) is 53.1 Å². The quantitative estimate of drug-likeness (QED) is 0.641. The number of carbonyl (C=O) groups is 3. The van der Waals surface area contributed by atoms with Crippen molar-refractivity contribution in [1.82, 2.24) is 20.4 Å². The Morgan fingerprint density at radius 2 is 1.81 bits per heavy atom. The summed E-state index contributed by atoms with van der Waals surface area (Å²) in [7, 11) is 0. The van der Waals surface area contributed by atoms with Crippen molar-refractivity contribution >= 4 is 23.4 Å². The second-order valence-corrected chi connectivity index (χ2v) is 7.74. The fourth-order valence-corrected chi connectivity index (χ4v) is 4.26. The van der Waals surface area contributed by atoms with E-state index < -0.39 is 6.17 Å². The van der Waals surface area contributed by atoms with Crippen LogP contribution in [0.1, 0.15) is 50.6 Å². The van der Waals surface area contributed by atoms with E-state index in [1.165, 1.54) is 0 Å². The SMILES string of the molecule is Cc1noc(CCNC(=O)CCN2C(=O)c3ccccc3N3C(=O)c4ccccc4[C@H]23)n1. The number of aryl methyl sites for hydroxylation is 1. The molecule has 0 bridgehead atoms. The molecule has 3 aromatic rings. The van der Waals surface area contributed by atoms with E-state index in [1.54, 1.807) is 41.0 Å². The van der Waals surface area contributed by atoms with E-state index in [0.717, 1.165) is 5.56 Å². The maximum absolute atomic E-state index is 13.3. The molecule has 0 fully saturated rings. The summed E-state index contributed by atoms with van der Waals surface area (Å²) in [4.78, 5) is 46.3. The molecule has 0 spiro atoms. The molecule has 9 heteroatoms. The summed E-state index contributed by atoms with van der Waals surface area (Å²) in [5, 5.41) is 6.54. The third-order valence-corrected chi connectivity index (χ3v) is 5.69. The second kappa shape index (κ2) is 7.92. The van der Waals surface area contributed by atoms with E-state index in [2.05, 4.69) is 15.5 Å². The van der Waals surface area contributed by atoms with Crippen molar-refractivity contribution in [2.24, 2.45) is 0 Å². The lowest BCUT2D eigenvalue weighted by Gasteiger charge is -2.40. The molecule has 0 aliphatic carbocycles. The van der Waals surface area contributed by atoms with Crippen LogP contribution in [0, 0.1) is 6.92 Å². The van der Waals surface area contributed by atoms with Gasteiger partial charge < -0.3 is 14.7 Å². The van der Waals surface area contributed by atoms with Gasteiger partial charge in [0.2, 0.25) is 11.8 Å². The second-order valence-electron chi connectivity index (χ2n) is 7.74. The number of para-hydroxylation sites is 1. The van der Waals surface area contributed by atoms with Crippen LogP contribution in [-0.4, -0.2) is 45.9 Å². The minimum absolute atomic E-state index is 0.109. The van der Waals surface area contributed by atoms with E-state index in [1.807, 2.05) is 24.3 Å². The number of hydrogen-bond acceptors (Lipinski definition) is 6. The van der Waals surface area contributed by atoms with E-state index in [-0.39, 0.29) is 30.7 Å². The van der Waals surface area contributed by atoms with Crippen LogP contribution in [0.3, 0.4) is 0 Å². The Morgan fingerprint density at radius 1 is 1.06 bits per heavy atom. The number of carbonyl (C=O) groups excluding carboxylic acids is 3. The minimum atomic E-state index is -0.560. The maximum Gasteiger partial charge on any atom is 0.260 e. The van der Waals surface area contributed by atoms with Crippen LogP contribution in [0.25, 0.3) is 0 Å². The van der Waals surface area contributed by atoms with E-state index >= 15 is 0 Å². The molecule has 1 aromatic heterocycles. The number of nitrogens with zero attached hydrogens (tertiary/aromatic N) is 4. The smallest absolute Gasteiger partial charge is 0.260 e. The van der Waals surface area contributed by atoms with E-state index in [9.17, 15) is 14.4 Å². The van der Waals surface area contributed by atoms with Crippen molar-refractivity contribution < 1.29 is 18.9 Å². The summed E-state index contributed by atoms with van der Waals surface area (Å²) in [6.45, 7) is 2.27. The number of nitrogens with one attached hydrogen (secondary N) is 1. The Labute approximate surface area is 184 Å². The zero-order valence-corrected chi connectivity index (χ0v) is 17.4. The Balaban J connectivity index is 1.33. The van der Waals surface area contributed by atoms with Crippen molar-refractivity contribution in [3.63, 3.8) is 0 Å². The zero-order valence-electron chi connectivity index (χ0n) is 17.4. The molecule has 1 atom stereocenters. The number of fused-ring (bicyclic) bond motifs is 5. The fraction of sp³-hybridized carbons (Fsp3) is 0.261. The zero-order chi connectivity index (χ0) is 22.2. The molecule has 0 saturated carbocycles. The van der Waals surface area contributed by atoms with Gasteiger partial charge in [-0.1, -0.05) is 35.5 Å². The van der Waals surface area contributed by atoms with Gasteiger partial charge in [0.1, 0.15) is 6.17 Å². The molecule has 32 heavy (non-hydrogen) atoms. The molecule has 3 heterocycles. The standard InChI is InChI=1S/C23H21N5O4/c1-14-25-20(32-26-14)10-12-24-19(29)11-13-27-21-15-6-2-3-7-16(15)23(31)28(21)18-9-5-4-8-17(18)22(27)30/h2-9,21H,10-13H2,1H3,(H,24,29)/t21-/m1/s1. The predicted molar refractivity (Wildman–Crippen MR) is 114 cm³/mol. The van der Waals surface area contributed by atoms with Crippen molar-refractivity contribution in [2.75, 3.05) is 18.0 Å². The highest BCUT2D eigenvalue weighted by Gasteiger charge is 2.47. The van der Waals surface area contributed by atoms with Gasteiger partial charge in [0.05, 0.1) is 11.3 Å². The van der Waals surface area contributed by atoms with Gasteiger partial charge >= 0.3 is 0 Å². The van der Waals surface area contributed by atoms with Gasteiger partial charge in [0.25, 0.3) is 11.8 Å². The van der Waals surface area contributed by atoms with Gasteiger partial charge in [0, 0.05) is 37.1 Å². The fourth-order valence-electron chi connectivity index (χ4n) is 4.26. The largest absolute Gasteiger partial charge is 0.356 e. The highest BCUT2D eigenvalue weighted by atomic mass is 16.5.